The van der Waals surface area contributed by atoms with Crippen molar-refractivity contribution in [2.45, 2.75) is 31.8 Å². The second kappa shape index (κ2) is 10.5. The topological polar surface area (TPSA) is 66.8 Å². The van der Waals surface area contributed by atoms with Crippen molar-refractivity contribution in [2.75, 3.05) is 23.4 Å². The van der Waals surface area contributed by atoms with Crippen molar-refractivity contribution >= 4 is 34.9 Å². The molecule has 1 unspecified atom stereocenters. The molecule has 2 heterocycles. The third-order valence-corrected chi connectivity index (χ3v) is 7.40. The van der Waals surface area contributed by atoms with Crippen LogP contribution in [0.5, 0.6) is 5.75 Å². The molecular formula is C31H29ClN4O3. The maximum atomic E-state index is 14.2. The number of halogens is 1. The van der Waals surface area contributed by atoms with E-state index in [1.165, 1.54) is 0 Å². The monoisotopic (exact) mass is 540 g/mol. The number of hydrogen-bond donors (Lipinski definition) is 1. The molecule has 0 bridgehead atoms. The van der Waals surface area contributed by atoms with Gasteiger partial charge in [0.05, 0.1) is 23.7 Å². The van der Waals surface area contributed by atoms with Crippen LogP contribution in [0.4, 0.5) is 16.2 Å². The van der Waals surface area contributed by atoms with E-state index in [9.17, 15) is 9.59 Å². The first-order valence-corrected chi connectivity index (χ1v) is 13.6. The number of carbonyl (C=O) groups is 2. The number of fused-ring (bicyclic) bond motifs is 3. The summed E-state index contributed by atoms with van der Waals surface area (Å²) in [5.41, 5.74) is 4.30. The Morgan fingerprint density at radius 1 is 0.949 bits per heavy atom. The van der Waals surface area contributed by atoms with Crippen molar-refractivity contribution < 1.29 is 14.3 Å². The number of hydrogen-bond acceptors (Lipinski definition) is 3. The standard InChI is InChI=1S/C31H29ClN4O3/c1-2-39-25-17-13-23(14-18-25)33-31(38)35(24-15-16-24)20-29(37)36-27-7-4-3-6-26(27)34-19-5-8-28(34)30(36)21-9-11-22(32)12-10-21/h3-14,17-19,24,30H,2,15-16,20H2,1H3,(H,33,38). The van der Waals surface area contributed by atoms with Gasteiger partial charge in [0.25, 0.3) is 0 Å². The van der Waals surface area contributed by atoms with E-state index in [0.717, 1.165) is 41.2 Å². The number of urea groups is 1. The molecule has 3 amide bonds. The number of amides is 3. The van der Waals surface area contributed by atoms with Crippen molar-refractivity contribution in [1.29, 1.82) is 0 Å². The van der Waals surface area contributed by atoms with Crippen molar-refractivity contribution in [2.24, 2.45) is 0 Å². The number of carbonyl (C=O) groups excluding carboxylic acids is 2. The summed E-state index contributed by atoms with van der Waals surface area (Å²) in [6.45, 7) is 2.47. The van der Waals surface area contributed by atoms with E-state index in [1.54, 1.807) is 17.0 Å². The molecule has 198 valence electrons. The molecule has 0 radical (unpaired) electrons. The van der Waals surface area contributed by atoms with E-state index >= 15 is 0 Å². The third kappa shape index (κ3) is 4.98. The minimum Gasteiger partial charge on any atom is -0.494 e. The molecule has 2 aliphatic rings. The Morgan fingerprint density at radius 3 is 2.36 bits per heavy atom. The highest BCUT2D eigenvalue weighted by molar-refractivity contribution is 6.30. The zero-order chi connectivity index (χ0) is 26.9. The fraction of sp³-hybridized carbons (Fsp3) is 0.226. The molecule has 6 rings (SSSR count). The van der Waals surface area contributed by atoms with Gasteiger partial charge in [0, 0.05) is 22.9 Å². The summed E-state index contributed by atoms with van der Waals surface area (Å²) in [4.78, 5) is 31.1. The molecule has 1 atom stereocenters. The maximum absolute atomic E-state index is 14.2. The Bertz CT molecular complexity index is 1500. The smallest absolute Gasteiger partial charge is 0.322 e. The molecule has 1 aliphatic heterocycles. The molecule has 1 aromatic heterocycles. The van der Waals surface area contributed by atoms with E-state index in [4.69, 9.17) is 16.3 Å². The van der Waals surface area contributed by atoms with E-state index in [1.807, 2.05) is 90.8 Å². The third-order valence-electron chi connectivity index (χ3n) is 7.14. The van der Waals surface area contributed by atoms with Crippen LogP contribution in [0.1, 0.15) is 37.1 Å². The molecule has 0 spiro atoms. The van der Waals surface area contributed by atoms with Gasteiger partial charge >= 0.3 is 6.03 Å². The lowest BCUT2D eigenvalue weighted by molar-refractivity contribution is -0.119. The first kappa shape index (κ1) is 25.1. The SMILES string of the molecule is CCOc1ccc(NC(=O)N(CC(=O)N2c3ccccc3-n3cccc3C2c2ccc(Cl)cc2)C2CC2)cc1. The largest absolute Gasteiger partial charge is 0.494 e. The Hall–Kier alpha value is -4.23. The molecule has 7 nitrogen and oxygen atoms in total. The summed E-state index contributed by atoms with van der Waals surface area (Å²) < 4.78 is 7.62. The minimum absolute atomic E-state index is 0.0351. The lowest BCUT2D eigenvalue weighted by atomic mass is 9.97. The zero-order valence-electron chi connectivity index (χ0n) is 21.6. The van der Waals surface area contributed by atoms with E-state index in [-0.39, 0.29) is 30.6 Å². The number of para-hydroxylation sites is 2. The van der Waals surface area contributed by atoms with Gasteiger partial charge in [-0.1, -0.05) is 35.9 Å². The van der Waals surface area contributed by atoms with Crippen molar-refractivity contribution in [3.8, 4) is 11.4 Å². The lowest BCUT2D eigenvalue weighted by Gasteiger charge is -2.39. The van der Waals surface area contributed by atoms with Crippen LogP contribution < -0.4 is 15.0 Å². The van der Waals surface area contributed by atoms with Gasteiger partial charge in [-0.3, -0.25) is 9.69 Å². The van der Waals surface area contributed by atoms with Crippen LogP contribution in [0.3, 0.4) is 0 Å². The molecule has 1 saturated carbocycles. The van der Waals surface area contributed by atoms with Crippen LogP contribution in [-0.4, -0.2) is 40.6 Å². The van der Waals surface area contributed by atoms with E-state index in [0.29, 0.717) is 17.3 Å². The molecular weight excluding hydrogens is 512 g/mol. The predicted octanol–water partition coefficient (Wildman–Crippen LogP) is 6.66. The van der Waals surface area contributed by atoms with Gasteiger partial charge in [0.15, 0.2) is 0 Å². The maximum Gasteiger partial charge on any atom is 0.322 e. The van der Waals surface area contributed by atoms with E-state index in [2.05, 4.69) is 9.88 Å². The van der Waals surface area contributed by atoms with Gasteiger partial charge in [-0.05, 0) is 86.0 Å². The summed E-state index contributed by atoms with van der Waals surface area (Å²) in [6.07, 6.45) is 3.77. The van der Waals surface area contributed by atoms with Crippen LogP contribution in [0.25, 0.3) is 5.69 Å². The first-order chi connectivity index (χ1) is 19.0. The molecule has 39 heavy (non-hydrogen) atoms. The average Bonchev–Trinajstić information content (AvgIpc) is 3.67. The first-order valence-electron chi connectivity index (χ1n) is 13.2. The van der Waals surface area contributed by atoms with Crippen LogP contribution in [0.15, 0.2) is 91.1 Å². The average molecular weight is 541 g/mol. The normalized spacial score (nSPS) is 15.7. The molecule has 4 aromatic rings. The molecule has 8 heteroatoms. The Morgan fingerprint density at radius 2 is 1.67 bits per heavy atom. The Balaban J connectivity index is 1.31. The number of benzene rings is 3. The molecule has 1 fully saturated rings. The van der Waals surface area contributed by atoms with Gasteiger partial charge in [-0.2, -0.15) is 0 Å². The van der Waals surface area contributed by atoms with Crippen LogP contribution >= 0.6 is 11.6 Å². The summed E-state index contributed by atoms with van der Waals surface area (Å²) in [6, 6.07) is 26.1. The minimum atomic E-state index is -0.366. The Labute approximate surface area is 232 Å². The fourth-order valence-electron chi connectivity index (χ4n) is 5.19. The second-order valence-electron chi connectivity index (χ2n) is 9.76. The van der Waals surface area contributed by atoms with Crippen LogP contribution in [-0.2, 0) is 4.79 Å². The number of rotatable bonds is 7. The highest BCUT2D eigenvalue weighted by atomic mass is 35.5. The number of nitrogens with zero attached hydrogens (tertiary/aromatic N) is 3. The van der Waals surface area contributed by atoms with Gasteiger partial charge in [0.2, 0.25) is 5.91 Å². The number of nitrogens with one attached hydrogen (secondary N) is 1. The van der Waals surface area contributed by atoms with Crippen molar-refractivity contribution in [3.63, 3.8) is 0 Å². The van der Waals surface area contributed by atoms with E-state index < -0.39 is 0 Å². The zero-order valence-corrected chi connectivity index (χ0v) is 22.3. The highest BCUT2D eigenvalue weighted by Gasteiger charge is 2.40. The highest BCUT2D eigenvalue weighted by Crippen LogP contribution is 2.42. The predicted molar refractivity (Wildman–Crippen MR) is 153 cm³/mol. The molecule has 1 aliphatic carbocycles. The number of aromatic nitrogens is 1. The number of ether oxygens (including phenoxy) is 1. The summed E-state index contributed by atoms with van der Waals surface area (Å²) in [5, 5.41) is 3.60. The molecule has 3 aromatic carbocycles. The molecule has 0 saturated heterocycles. The fourth-order valence-corrected chi connectivity index (χ4v) is 5.32. The second-order valence-corrected chi connectivity index (χ2v) is 10.2. The summed E-state index contributed by atoms with van der Waals surface area (Å²) in [5.74, 6) is 0.593. The Kier molecular flexibility index (Phi) is 6.75. The van der Waals surface area contributed by atoms with Gasteiger partial charge in [-0.25, -0.2) is 4.79 Å². The molecule has 1 N–H and O–H groups in total. The number of anilines is 2. The van der Waals surface area contributed by atoms with Crippen LogP contribution in [0, 0.1) is 0 Å². The van der Waals surface area contributed by atoms with Gasteiger partial charge in [0.1, 0.15) is 18.3 Å². The quantitative estimate of drug-likeness (QED) is 0.285. The van der Waals surface area contributed by atoms with Gasteiger partial charge in [-0.15, -0.1) is 0 Å². The van der Waals surface area contributed by atoms with Gasteiger partial charge < -0.3 is 19.5 Å². The van der Waals surface area contributed by atoms with Crippen molar-refractivity contribution in [1.82, 2.24) is 9.47 Å². The van der Waals surface area contributed by atoms with Crippen LogP contribution in [0.2, 0.25) is 5.02 Å². The summed E-state index contributed by atoms with van der Waals surface area (Å²) >= 11 is 6.20. The van der Waals surface area contributed by atoms with Crippen molar-refractivity contribution in [3.05, 3.63) is 107 Å². The lowest BCUT2D eigenvalue weighted by Crippen LogP contribution is -2.48. The summed E-state index contributed by atoms with van der Waals surface area (Å²) in [7, 11) is 0.